The number of carbonyl (C=O) groups is 1. The molecule has 0 unspecified atom stereocenters. The van der Waals surface area contributed by atoms with Gasteiger partial charge >= 0.3 is 0 Å². The lowest BCUT2D eigenvalue weighted by Crippen LogP contribution is -2.36. The smallest absolute Gasteiger partial charge is 0.251 e. The molecule has 3 heterocycles. The molecule has 4 rings (SSSR count). The van der Waals surface area contributed by atoms with Crippen LogP contribution in [0.5, 0.6) is 0 Å². The van der Waals surface area contributed by atoms with E-state index in [1.165, 1.54) is 0 Å². The van der Waals surface area contributed by atoms with Crippen LogP contribution in [0.4, 0.5) is 0 Å². The minimum absolute atomic E-state index is 0.0801. The summed E-state index contributed by atoms with van der Waals surface area (Å²) < 4.78 is 7.24. The third-order valence-corrected chi connectivity index (χ3v) is 4.94. The van der Waals surface area contributed by atoms with Crippen molar-refractivity contribution >= 4 is 5.91 Å². The van der Waals surface area contributed by atoms with Gasteiger partial charge in [-0.1, -0.05) is 12.1 Å². The van der Waals surface area contributed by atoms with Gasteiger partial charge in [0.1, 0.15) is 0 Å². The molecule has 6 heteroatoms. The van der Waals surface area contributed by atoms with E-state index in [-0.39, 0.29) is 11.9 Å². The molecule has 3 aromatic rings. The van der Waals surface area contributed by atoms with Gasteiger partial charge in [-0.15, -0.1) is 0 Å². The average molecular weight is 362 g/mol. The largest absolute Gasteiger partial charge is 0.381 e. The second kappa shape index (κ2) is 8.14. The lowest BCUT2D eigenvalue weighted by molar-refractivity contribution is 0.0513. The summed E-state index contributed by atoms with van der Waals surface area (Å²) in [4.78, 5) is 17.2. The second-order valence-corrected chi connectivity index (χ2v) is 6.69. The molecule has 1 fully saturated rings. The molecule has 138 valence electrons. The van der Waals surface area contributed by atoms with Gasteiger partial charge < -0.3 is 10.1 Å². The van der Waals surface area contributed by atoms with E-state index in [0.29, 0.717) is 11.5 Å². The molecule has 0 radical (unpaired) electrons. The van der Waals surface area contributed by atoms with E-state index in [0.717, 1.165) is 37.3 Å². The first-order valence-electron chi connectivity index (χ1n) is 9.20. The number of nitrogens with one attached hydrogen (secondary N) is 1. The third kappa shape index (κ3) is 4.06. The Morgan fingerprint density at radius 2 is 2.04 bits per heavy atom. The predicted octanol–water partition coefficient (Wildman–Crippen LogP) is 3.17. The summed E-state index contributed by atoms with van der Waals surface area (Å²) in [6.07, 6.45) is 9.01. The number of amides is 1. The van der Waals surface area contributed by atoms with E-state index in [2.05, 4.69) is 15.4 Å². The number of hydrogen-bond acceptors (Lipinski definition) is 4. The fraction of sp³-hybridized carbons (Fsp3) is 0.286. The standard InChI is InChI=1S/C21H22N4O2/c26-21(17-4-1-6-19(14-17)25-11-3-10-23-25)24-20(16-7-12-27-13-8-16)18-5-2-9-22-15-18/h1-6,9-11,14-16,20H,7-8,12-13H2,(H,24,26)/t20-/m0/s1. The molecule has 1 saturated heterocycles. The van der Waals surface area contributed by atoms with Gasteiger partial charge in [-0.25, -0.2) is 4.68 Å². The molecular weight excluding hydrogens is 340 g/mol. The van der Waals surface area contributed by atoms with Crippen LogP contribution in [0.15, 0.2) is 67.3 Å². The fourth-order valence-electron chi connectivity index (χ4n) is 3.52. The average Bonchev–Trinajstić information content (AvgIpc) is 3.28. The zero-order valence-corrected chi connectivity index (χ0v) is 15.0. The van der Waals surface area contributed by atoms with Crippen LogP contribution in [-0.4, -0.2) is 33.9 Å². The van der Waals surface area contributed by atoms with Gasteiger partial charge in [-0.3, -0.25) is 9.78 Å². The SMILES string of the molecule is O=C(N[C@H](c1cccnc1)C1CCOCC1)c1cccc(-n2cccn2)c1. The Morgan fingerprint density at radius 3 is 2.78 bits per heavy atom. The number of aromatic nitrogens is 3. The summed E-state index contributed by atoms with van der Waals surface area (Å²) in [5.41, 5.74) is 2.50. The summed E-state index contributed by atoms with van der Waals surface area (Å²) >= 11 is 0. The first-order chi connectivity index (χ1) is 13.3. The van der Waals surface area contributed by atoms with Crippen molar-refractivity contribution < 1.29 is 9.53 Å². The van der Waals surface area contributed by atoms with Crippen LogP contribution < -0.4 is 5.32 Å². The summed E-state index contributed by atoms with van der Waals surface area (Å²) in [6.45, 7) is 1.46. The number of nitrogens with zero attached hydrogens (tertiary/aromatic N) is 3. The van der Waals surface area contributed by atoms with Crippen molar-refractivity contribution in [2.75, 3.05) is 13.2 Å². The molecule has 1 aliphatic heterocycles. The van der Waals surface area contributed by atoms with Crippen LogP contribution >= 0.6 is 0 Å². The van der Waals surface area contributed by atoms with Crippen molar-refractivity contribution in [3.05, 3.63) is 78.4 Å². The summed E-state index contributed by atoms with van der Waals surface area (Å²) in [7, 11) is 0. The maximum Gasteiger partial charge on any atom is 0.251 e. The molecule has 2 aromatic heterocycles. The third-order valence-electron chi connectivity index (χ3n) is 4.94. The first kappa shape index (κ1) is 17.4. The molecule has 1 N–H and O–H groups in total. The van der Waals surface area contributed by atoms with Gasteiger partial charge in [0.25, 0.3) is 5.91 Å². The highest BCUT2D eigenvalue weighted by Gasteiger charge is 2.27. The summed E-state index contributed by atoms with van der Waals surface area (Å²) in [6, 6.07) is 13.2. The van der Waals surface area contributed by atoms with E-state index >= 15 is 0 Å². The monoisotopic (exact) mass is 362 g/mol. The Kier molecular flexibility index (Phi) is 5.25. The molecule has 1 aliphatic rings. The molecule has 0 bridgehead atoms. The van der Waals surface area contributed by atoms with Crippen molar-refractivity contribution in [2.24, 2.45) is 5.92 Å². The van der Waals surface area contributed by atoms with Crippen LogP contribution in [0.25, 0.3) is 5.69 Å². The van der Waals surface area contributed by atoms with Crippen LogP contribution in [0.3, 0.4) is 0 Å². The molecule has 27 heavy (non-hydrogen) atoms. The number of pyridine rings is 1. The zero-order chi connectivity index (χ0) is 18.5. The molecule has 0 saturated carbocycles. The topological polar surface area (TPSA) is 69.0 Å². The Labute approximate surface area is 158 Å². The van der Waals surface area contributed by atoms with E-state index in [1.54, 1.807) is 17.1 Å². The molecule has 1 amide bonds. The number of ether oxygens (including phenoxy) is 1. The van der Waals surface area contributed by atoms with Gasteiger partial charge in [0.2, 0.25) is 0 Å². The van der Waals surface area contributed by atoms with Gasteiger partial charge in [-0.2, -0.15) is 5.10 Å². The van der Waals surface area contributed by atoms with Crippen molar-refractivity contribution in [1.82, 2.24) is 20.1 Å². The summed E-state index contributed by atoms with van der Waals surface area (Å²) in [5.74, 6) is 0.241. The first-order valence-corrected chi connectivity index (χ1v) is 9.20. The number of carbonyl (C=O) groups excluding carboxylic acids is 1. The van der Waals surface area contributed by atoms with E-state index in [9.17, 15) is 4.79 Å². The minimum atomic E-state index is -0.0932. The predicted molar refractivity (Wildman–Crippen MR) is 102 cm³/mol. The Bertz CT molecular complexity index is 874. The summed E-state index contributed by atoms with van der Waals surface area (Å²) in [5, 5.41) is 7.46. The quantitative estimate of drug-likeness (QED) is 0.757. The number of benzene rings is 1. The van der Waals surface area contributed by atoms with Crippen LogP contribution in [0, 0.1) is 5.92 Å². The van der Waals surface area contributed by atoms with Gasteiger partial charge in [0.05, 0.1) is 11.7 Å². The van der Waals surface area contributed by atoms with E-state index in [1.807, 2.05) is 54.9 Å². The number of rotatable bonds is 5. The normalized spacial score (nSPS) is 16.0. The van der Waals surface area contributed by atoms with Gasteiger partial charge in [-0.05, 0) is 54.7 Å². The number of hydrogen-bond donors (Lipinski definition) is 1. The van der Waals surface area contributed by atoms with E-state index in [4.69, 9.17) is 4.74 Å². The van der Waals surface area contributed by atoms with Gasteiger partial charge in [0.15, 0.2) is 0 Å². The maximum absolute atomic E-state index is 13.0. The molecule has 0 aliphatic carbocycles. The minimum Gasteiger partial charge on any atom is -0.381 e. The van der Waals surface area contributed by atoms with Gasteiger partial charge in [0, 0.05) is 43.6 Å². The second-order valence-electron chi connectivity index (χ2n) is 6.69. The van der Waals surface area contributed by atoms with Crippen LogP contribution in [0.1, 0.15) is 34.8 Å². The molecule has 1 aromatic carbocycles. The zero-order valence-electron chi connectivity index (χ0n) is 15.0. The highest BCUT2D eigenvalue weighted by Crippen LogP contribution is 2.30. The Morgan fingerprint density at radius 1 is 1.15 bits per heavy atom. The Hall–Kier alpha value is -2.99. The Balaban J connectivity index is 1.57. The molecule has 6 nitrogen and oxygen atoms in total. The molecule has 0 spiro atoms. The molecule has 1 atom stereocenters. The fourth-order valence-corrected chi connectivity index (χ4v) is 3.52. The van der Waals surface area contributed by atoms with Crippen molar-refractivity contribution in [3.63, 3.8) is 0 Å². The van der Waals surface area contributed by atoms with Crippen molar-refractivity contribution in [1.29, 1.82) is 0 Å². The lowest BCUT2D eigenvalue weighted by atomic mass is 9.87. The van der Waals surface area contributed by atoms with Crippen LogP contribution in [0.2, 0.25) is 0 Å². The van der Waals surface area contributed by atoms with Crippen molar-refractivity contribution in [2.45, 2.75) is 18.9 Å². The highest BCUT2D eigenvalue weighted by molar-refractivity contribution is 5.95. The maximum atomic E-state index is 13.0. The van der Waals surface area contributed by atoms with Crippen LogP contribution in [-0.2, 0) is 4.74 Å². The highest BCUT2D eigenvalue weighted by atomic mass is 16.5. The van der Waals surface area contributed by atoms with Crippen molar-refractivity contribution in [3.8, 4) is 5.69 Å². The molecular formula is C21H22N4O2. The lowest BCUT2D eigenvalue weighted by Gasteiger charge is -2.31. The van der Waals surface area contributed by atoms with E-state index < -0.39 is 0 Å².